The third-order valence-electron chi connectivity index (χ3n) is 11.0. The molecule has 9 rings (SSSR count). The van der Waals surface area contributed by atoms with Crippen molar-refractivity contribution >= 4 is 29.2 Å². The maximum absolute atomic E-state index is 13.9. The normalized spacial score (nSPS) is 17.9. The predicted molar refractivity (Wildman–Crippen MR) is 213 cm³/mol. The summed E-state index contributed by atoms with van der Waals surface area (Å²) in [6, 6.07) is 24.9. The Morgan fingerprint density at radius 3 is 2.05 bits per heavy atom. The number of nitrogens with zero attached hydrogens (tertiary/aromatic N) is 2. The number of hydrogen-bond donors (Lipinski definition) is 0. The third kappa shape index (κ3) is 7.18. The van der Waals surface area contributed by atoms with Crippen LogP contribution in [0.1, 0.15) is 55.8 Å². The summed E-state index contributed by atoms with van der Waals surface area (Å²) in [4.78, 5) is 18.6. The monoisotopic (exact) mass is 780 g/mol. The van der Waals surface area contributed by atoms with E-state index in [2.05, 4.69) is 48.2 Å². The van der Waals surface area contributed by atoms with E-state index in [1.54, 1.807) is 33.5 Å². The van der Waals surface area contributed by atoms with Gasteiger partial charge in [0.15, 0.2) is 34.5 Å². The van der Waals surface area contributed by atoms with Crippen molar-refractivity contribution in [3.05, 3.63) is 128 Å². The molecule has 4 aliphatic rings. The van der Waals surface area contributed by atoms with Gasteiger partial charge >= 0.3 is 5.97 Å². The molecular weight excluding hydrogens is 739 g/mol. The molecule has 2 atom stereocenters. The molecule has 0 N–H and O–H groups in total. The fourth-order valence-electron chi connectivity index (χ4n) is 7.95. The second-order valence-corrected chi connectivity index (χ2v) is 15.1. The van der Waals surface area contributed by atoms with Crippen molar-refractivity contribution < 1.29 is 33.2 Å². The van der Waals surface area contributed by atoms with Gasteiger partial charge in [-0.2, -0.15) is 0 Å². The van der Waals surface area contributed by atoms with Gasteiger partial charge in [0.1, 0.15) is 5.75 Å². The van der Waals surface area contributed by atoms with Crippen LogP contribution in [-0.4, -0.2) is 64.3 Å². The van der Waals surface area contributed by atoms with Crippen LogP contribution in [0.4, 0.5) is 0 Å². The lowest BCUT2D eigenvalue weighted by molar-refractivity contribution is 0.0724. The number of rotatable bonds is 5. The first-order valence-corrected chi connectivity index (χ1v) is 19.0. The molecule has 0 fully saturated rings. The van der Waals surface area contributed by atoms with Crippen LogP contribution in [0.5, 0.6) is 46.0 Å². The van der Waals surface area contributed by atoms with Crippen molar-refractivity contribution in [2.24, 2.45) is 0 Å². The number of carbonyl (C=O) groups is 1. The molecule has 0 aromatic heterocycles. The second-order valence-electron chi connectivity index (χ2n) is 14.3. The summed E-state index contributed by atoms with van der Waals surface area (Å²) in [5.74, 6) is 3.31. The number of ether oxygens (including phenoxy) is 6. The van der Waals surface area contributed by atoms with Gasteiger partial charge < -0.3 is 28.4 Å². The van der Waals surface area contributed by atoms with Crippen LogP contribution < -0.4 is 28.4 Å². The Balaban J connectivity index is 1.36. The Bertz CT molecular complexity index is 2280. The highest BCUT2D eigenvalue weighted by atomic mass is 35.5. The Morgan fingerprint density at radius 2 is 1.33 bits per heavy atom. The van der Waals surface area contributed by atoms with Gasteiger partial charge in [0, 0.05) is 30.7 Å². The van der Waals surface area contributed by atoms with Crippen LogP contribution in [-0.2, 0) is 25.7 Å². The number of halogens is 2. The summed E-state index contributed by atoms with van der Waals surface area (Å²) in [6.45, 7) is 1.68. The molecule has 0 saturated heterocycles. The molecule has 0 radical (unpaired) electrons. The molecule has 4 heterocycles. The van der Waals surface area contributed by atoms with E-state index < -0.39 is 5.97 Å². The molecule has 0 unspecified atom stereocenters. The molecule has 284 valence electrons. The first-order chi connectivity index (χ1) is 26.6. The third-order valence-corrected chi connectivity index (χ3v) is 11.7. The van der Waals surface area contributed by atoms with Crippen LogP contribution in [0.3, 0.4) is 0 Å². The fourth-order valence-corrected chi connectivity index (χ4v) is 8.25. The molecule has 0 saturated carbocycles. The number of benzene rings is 5. The highest BCUT2D eigenvalue weighted by Crippen LogP contribution is 2.52. The molecule has 11 heteroatoms. The second kappa shape index (κ2) is 15.3. The highest BCUT2D eigenvalue weighted by Gasteiger charge is 2.36. The molecular formula is C44H42Cl2N2O7. The predicted octanol–water partition coefficient (Wildman–Crippen LogP) is 9.68. The summed E-state index contributed by atoms with van der Waals surface area (Å²) >= 11 is 12.5. The van der Waals surface area contributed by atoms with Gasteiger partial charge in [-0.3, -0.25) is 9.80 Å². The van der Waals surface area contributed by atoms with E-state index >= 15 is 0 Å². The topological polar surface area (TPSA) is 78.9 Å². The van der Waals surface area contributed by atoms with E-state index in [4.69, 9.17) is 51.6 Å². The Kier molecular flexibility index (Phi) is 10.3. The Morgan fingerprint density at radius 1 is 0.673 bits per heavy atom. The van der Waals surface area contributed by atoms with Crippen LogP contribution in [0.25, 0.3) is 0 Å². The Labute approximate surface area is 331 Å². The van der Waals surface area contributed by atoms with Gasteiger partial charge in [0.25, 0.3) is 0 Å². The number of esters is 1. The average Bonchev–Trinajstić information content (AvgIpc) is 3.19. The van der Waals surface area contributed by atoms with E-state index in [1.165, 1.54) is 17.2 Å². The minimum Gasteiger partial charge on any atom is -0.493 e. The summed E-state index contributed by atoms with van der Waals surface area (Å²) in [5, 5.41) is 0.571. The van der Waals surface area contributed by atoms with Crippen LogP contribution in [0, 0.1) is 0 Å². The smallest absolute Gasteiger partial charge is 0.343 e. The number of fused-ring (bicyclic) bond motifs is 2. The average molecular weight is 782 g/mol. The van der Waals surface area contributed by atoms with Crippen LogP contribution >= 0.6 is 23.2 Å². The standard InChI is InChI=1S/C44H42Cl2N2O7/c1-47-16-14-27-22-37(51-4)39-24-31(27)34(47)18-25-6-10-30(11-7-25)53-38-20-26(8-13-36(38)50-3)19-35-41-28(15-17-48(35)2)23-40(52-5)42(43(41)54-39)55-44(49)29-9-12-32(45)33(46)21-29/h6-13,20-24,34-35H,14-19H2,1-5H3/t34-,35-/m0/s1. The SMILES string of the molecule is COc1ccc2cc1Oc1ccc(cc1)C[C@H]1c3cc(c(OC)cc3CCN1C)Oc1c(OC(=O)c3ccc(Cl)c(Cl)c3)c(OC)cc3c1[C@H](C2)N(C)CC3. The van der Waals surface area contributed by atoms with Gasteiger partial charge in [-0.15, -0.1) is 0 Å². The molecule has 9 nitrogen and oxygen atoms in total. The first-order valence-electron chi connectivity index (χ1n) is 18.3. The van der Waals surface area contributed by atoms with E-state index in [-0.39, 0.29) is 28.4 Å². The van der Waals surface area contributed by atoms with E-state index in [9.17, 15) is 4.79 Å². The number of hydrogen-bond acceptors (Lipinski definition) is 9. The lowest BCUT2D eigenvalue weighted by atomic mass is 9.87. The van der Waals surface area contributed by atoms with E-state index in [0.717, 1.165) is 60.4 Å². The van der Waals surface area contributed by atoms with Gasteiger partial charge in [-0.05, 0) is 128 Å². The quantitative estimate of drug-likeness (QED) is 0.128. The van der Waals surface area contributed by atoms with E-state index in [0.29, 0.717) is 45.9 Å². The van der Waals surface area contributed by atoms with Crippen molar-refractivity contribution in [1.82, 2.24) is 9.80 Å². The summed E-state index contributed by atoms with van der Waals surface area (Å²) in [7, 11) is 9.10. The van der Waals surface area contributed by atoms with Crippen molar-refractivity contribution in [1.29, 1.82) is 0 Å². The number of carbonyl (C=O) groups excluding carboxylic acids is 1. The van der Waals surface area contributed by atoms with Gasteiger partial charge in [0.05, 0.1) is 36.9 Å². The van der Waals surface area contributed by atoms with Crippen molar-refractivity contribution in [2.75, 3.05) is 48.5 Å². The Hall–Kier alpha value is -4.93. The van der Waals surface area contributed by atoms with Crippen LogP contribution in [0.15, 0.2) is 78.9 Å². The molecule has 5 aromatic rings. The number of methoxy groups -OCH3 is 3. The maximum Gasteiger partial charge on any atom is 0.343 e. The van der Waals surface area contributed by atoms with Crippen molar-refractivity contribution in [2.45, 2.75) is 37.8 Å². The molecule has 55 heavy (non-hydrogen) atoms. The van der Waals surface area contributed by atoms with Gasteiger partial charge in [-0.25, -0.2) is 4.79 Å². The molecule has 5 aromatic carbocycles. The zero-order chi connectivity index (χ0) is 38.4. The lowest BCUT2D eigenvalue weighted by Gasteiger charge is -2.37. The lowest BCUT2D eigenvalue weighted by Crippen LogP contribution is -2.34. The summed E-state index contributed by atoms with van der Waals surface area (Å²) in [5.41, 5.74) is 6.67. The molecule has 4 aliphatic heterocycles. The summed E-state index contributed by atoms with van der Waals surface area (Å²) < 4.78 is 37.6. The van der Waals surface area contributed by atoms with E-state index in [1.807, 2.05) is 36.4 Å². The van der Waals surface area contributed by atoms with Crippen molar-refractivity contribution in [3.63, 3.8) is 0 Å². The number of likely N-dealkylation sites (N-methyl/N-ethyl adjacent to an activating group) is 2. The minimum absolute atomic E-state index is 0.0597. The molecule has 0 amide bonds. The molecule has 0 aliphatic carbocycles. The molecule has 6 bridgehead atoms. The van der Waals surface area contributed by atoms with Gasteiger partial charge in [0.2, 0.25) is 5.75 Å². The minimum atomic E-state index is -0.640. The summed E-state index contributed by atoms with van der Waals surface area (Å²) in [6.07, 6.45) is 2.93. The zero-order valence-corrected chi connectivity index (χ0v) is 32.9. The first kappa shape index (κ1) is 37.0. The molecule has 0 spiro atoms. The largest absolute Gasteiger partial charge is 0.493 e. The van der Waals surface area contributed by atoms with Crippen LogP contribution in [0.2, 0.25) is 10.0 Å². The highest BCUT2D eigenvalue weighted by molar-refractivity contribution is 6.42. The maximum atomic E-state index is 13.9. The van der Waals surface area contributed by atoms with Crippen molar-refractivity contribution in [3.8, 4) is 46.0 Å². The fraction of sp³-hybridized carbons (Fsp3) is 0.295. The zero-order valence-electron chi connectivity index (χ0n) is 31.4. The van der Waals surface area contributed by atoms with Gasteiger partial charge in [-0.1, -0.05) is 41.4 Å².